The summed E-state index contributed by atoms with van der Waals surface area (Å²) < 4.78 is 0. The van der Waals surface area contributed by atoms with Gasteiger partial charge in [0.1, 0.15) is 0 Å². The van der Waals surface area contributed by atoms with E-state index in [1.165, 1.54) is 0 Å². The van der Waals surface area contributed by atoms with Crippen LogP contribution in [0.1, 0.15) is 13.3 Å². The van der Waals surface area contributed by atoms with Crippen LogP contribution in [0.4, 0.5) is 0 Å². The molecule has 0 aromatic heterocycles. The lowest BCUT2D eigenvalue weighted by atomic mass is 9.90. The molecule has 0 radical (unpaired) electrons. The van der Waals surface area contributed by atoms with E-state index in [-0.39, 0.29) is 11.8 Å². The van der Waals surface area contributed by atoms with Gasteiger partial charge in [-0.2, -0.15) is 0 Å². The van der Waals surface area contributed by atoms with Gasteiger partial charge in [0.15, 0.2) is 0 Å². The van der Waals surface area contributed by atoms with Gasteiger partial charge in [-0.15, -0.1) is 6.58 Å². The van der Waals surface area contributed by atoms with Gasteiger partial charge in [0.25, 0.3) is 0 Å². The summed E-state index contributed by atoms with van der Waals surface area (Å²) in [6, 6.07) is 0.356. The summed E-state index contributed by atoms with van der Waals surface area (Å²) in [5.41, 5.74) is 0. The van der Waals surface area contributed by atoms with Crippen LogP contribution in [-0.2, 0) is 4.79 Å². The Labute approximate surface area is 54.9 Å². The highest BCUT2D eigenvalue weighted by molar-refractivity contribution is 5.85. The summed E-state index contributed by atoms with van der Waals surface area (Å²) >= 11 is 0. The van der Waals surface area contributed by atoms with Crippen LogP contribution in [0.15, 0.2) is 12.7 Å². The van der Waals surface area contributed by atoms with Crippen LogP contribution in [0.5, 0.6) is 0 Å². The molecule has 1 N–H and O–H groups in total. The van der Waals surface area contributed by atoms with Gasteiger partial charge in [-0.25, -0.2) is 0 Å². The van der Waals surface area contributed by atoms with Crippen molar-refractivity contribution in [2.24, 2.45) is 5.92 Å². The third kappa shape index (κ3) is 0.969. The van der Waals surface area contributed by atoms with Gasteiger partial charge in [-0.05, 0) is 6.42 Å². The summed E-state index contributed by atoms with van der Waals surface area (Å²) in [4.78, 5) is 10.6. The topological polar surface area (TPSA) is 29.1 Å². The molecule has 0 aromatic carbocycles. The SMILES string of the molecule is C=CC[C@@H]1NC(=O)[C@@H]1C. The maximum absolute atomic E-state index is 10.6. The maximum Gasteiger partial charge on any atom is 0.225 e. The maximum atomic E-state index is 10.6. The van der Waals surface area contributed by atoms with E-state index in [9.17, 15) is 4.79 Å². The summed E-state index contributed by atoms with van der Waals surface area (Å²) in [5.74, 6) is 0.366. The number of rotatable bonds is 2. The molecule has 0 aromatic rings. The largest absolute Gasteiger partial charge is 0.352 e. The number of nitrogens with one attached hydrogen (secondary N) is 1. The highest BCUT2D eigenvalue weighted by atomic mass is 16.2. The summed E-state index contributed by atoms with van der Waals surface area (Å²) in [5, 5.41) is 2.78. The Morgan fingerprint density at radius 2 is 2.56 bits per heavy atom. The van der Waals surface area contributed by atoms with E-state index < -0.39 is 0 Å². The van der Waals surface area contributed by atoms with Crippen LogP contribution in [0.25, 0.3) is 0 Å². The Hall–Kier alpha value is -0.790. The molecule has 2 heteroatoms. The van der Waals surface area contributed by atoms with Gasteiger partial charge in [-0.3, -0.25) is 4.79 Å². The minimum Gasteiger partial charge on any atom is -0.352 e. The van der Waals surface area contributed by atoms with Crippen molar-refractivity contribution in [1.82, 2.24) is 5.32 Å². The molecule has 1 aliphatic heterocycles. The van der Waals surface area contributed by atoms with Crippen molar-refractivity contribution in [3.8, 4) is 0 Å². The van der Waals surface area contributed by atoms with E-state index in [0.717, 1.165) is 6.42 Å². The molecular formula is C7H11NO. The van der Waals surface area contributed by atoms with Crippen LogP contribution in [0.2, 0.25) is 0 Å². The van der Waals surface area contributed by atoms with Gasteiger partial charge >= 0.3 is 0 Å². The van der Waals surface area contributed by atoms with E-state index in [2.05, 4.69) is 11.9 Å². The number of amides is 1. The Kier molecular flexibility index (Phi) is 1.56. The average Bonchev–Trinajstić information content (AvgIpc) is 1.88. The van der Waals surface area contributed by atoms with Crippen molar-refractivity contribution in [3.63, 3.8) is 0 Å². The Balaban J connectivity index is 2.32. The van der Waals surface area contributed by atoms with Crippen molar-refractivity contribution in [2.45, 2.75) is 19.4 Å². The second-order valence-electron chi connectivity index (χ2n) is 2.43. The van der Waals surface area contributed by atoms with Crippen molar-refractivity contribution in [1.29, 1.82) is 0 Å². The number of hydrogen-bond donors (Lipinski definition) is 1. The van der Waals surface area contributed by atoms with E-state index in [4.69, 9.17) is 0 Å². The number of β-lactam (4-membered cyclic amide) rings is 1. The molecule has 0 spiro atoms. The number of carbonyl (C=O) groups excluding carboxylic acids is 1. The molecule has 0 saturated carbocycles. The molecule has 1 saturated heterocycles. The first kappa shape index (κ1) is 6.33. The van der Waals surface area contributed by atoms with E-state index >= 15 is 0 Å². The van der Waals surface area contributed by atoms with Gasteiger partial charge in [-0.1, -0.05) is 13.0 Å². The second-order valence-corrected chi connectivity index (χ2v) is 2.43. The second kappa shape index (κ2) is 2.21. The van der Waals surface area contributed by atoms with Gasteiger partial charge in [0.2, 0.25) is 5.91 Å². The standard InChI is InChI=1S/C7H11NO/c1-3-4-6-5(2)7(9)8-6/h3,5-6H,1,4H2,2H3,(H,8,9)/t5-,6+/m1/s1. The lowest BCUT2D eigenvalue weighted by molar-refractivity contribution is -0.133. The van der Waals surface area contributed by atoms with Crippen LogP contribution in [0.3, 0.4) is 0 Å². The first-order chi connectivity index (χ1) is 4.25. The minimum atomic E-state index is 0.168. The average molecular weight is 125 g/mol. The zero-order valence-electron chi connectivity index (χ0n) is 5.55. The predicted octanol–water partition coefficient (Wildman–Crippen LogP) is 0.697. The van der Waals surface area contributed by atoms with E-state index in [1.807, 2.05) is 13.0 Å². The number of hydrogen-bond acceptors (Lipinski definition) is 1. The molecule has 9 heavy (non-hydrogen) atoms. The zero-order valence-corrected chi connectivity index (χ0v) is 5.55. The van der Waals surface area contributed by atoms with Gasteiger partial charge in [0, 0.05) is 6.04 Å². The van der Waals surface area contributed by atoms with Crippen molar-refractivity contribution in [3.05, 3.63) is 12.7 Å². The Bertz CT molecular complexity index is 140. The van der Waals surface area contributed by atoms with E-state index in [0.29, 0.717) is 6.04 Å². The predicted molar refractivity (Wildman–Crippen MR) is 35.9 cm³/mol. The summed E-state index contributed by atoms with van der Waals surface area (Å²) in [6.45, 7) is 5.53. The normalized spacial score (nSPS) is 32.8. The zero-order chi connectivity index (χ0) is 6.85. The molecule has 1 fully saturated rings. The number of carbonyl (C=O) groups is 1. The lowest BCUT2D eigenvalue weighted by Gasteiger charge is -2.33. The molecule has 1 heterocycles. The molecule has 0 aliphatic carbocycles. The minimum absolute atomic E-state index is 0.168. The lowest BCUT2D eigenvalue weighted by Crippen LogP contribution is -2.56. The van der Waals surface area contributed by atoms with Crippen molar-refractivity contribution >= 4 is 5.91 Å². The fraction of sp³-hybridized carbons (Fsp3) is 0.571. The Morgan fingerprint density at radius 1 is 1.89 bits per heavy atom. The molecule has 50 valence electrons. The first-order valence-electron chi connectivity index (χ1n) is 3.17. The summed E-state index contributed by atoms with van der Waals surface area (Å²) in [7, 11) is 0. The monoisotopic (exact) mass is 125 g/mol. The molecule has 0 unspecified atom stereocenters. The smallest absolute Gasteiger partial charge is 0.225 e. The van der Waals surface area contributed by atoms with Crippen LogP contribution in [0, 0.1) is 5.92 Å². The quantitative estimate of drug-likeness (QED) is 0.427. The fourth-order valence-electron chi connectivity index (χ4n) is 0.968. The van der Waals surface area contributed by atoms with Crippen molar-refractivity contribution < 1.29 is 4.79 Å². The first-order valence-corrected chi connectivity index (χ1v) is 3.17. The van der Waals surface area contributed by atoms with Gasteiger partial charge < -0.3 is 5.32 Å². The molecule has 1 rings (SSSR count). The van der Waals surface area contributed by atoms with Crippen molar-refractivity contribution in [2.75, 3.05) is 0 Å². The molecule has 2 atom stereocenters. The van der Waals surface area contributed by atoms with Crippen LogP contribution in [-0.4, -0.2) is 11.9 Å². The van der Waals surface area contributed by atoms with Gasteiger partial charge in [0.05, 0.1) is 5.92 Å². The summed E-state index contributed by atoms with van der Waals surface area (Å²) in [6.07, 6.45) is 2.73. The third-order valence-electron chi connectivity index (χ3n) is 1.77. The molecular weight excluding hydrogens is 114 g/mol. The Morgan fingerprint density at radius 3 is 2.89 bits per heavy atom. The van der Waals surface area contributed by atoms with Crippen LogP contribution < -0.4 is 5.32 Å². The molecule has 2 nitrogen and oxygen atoms in total. The highest BCUT2D eigenvalue weighted by Gasteiger charge is 2.33. The van der Waals surface area contributed by atoms with E-state index in [1.54, 1.807) is 0 Å². The highest BCUT2D eigenvalue weighted by Crippen LogP contribution is 2.16. The fourth-order valence-corrected chi connectivity index (χ4v) is 0.968. The molecule has 0 bridgehead atoms. The van der Waals surface area contributed by atoms with Crippen LogP contribution >= 0.6 is 0 Å². The molecule has 1 aliphatic rings. The third-order valence-corrected chi connectivity index (χ3v) is 1.77. The molecule has 1 amide bonds.